The van der Waals surface area contributed by atoms with Crippen molar-refractivity contribution in [2.75, 3.05) is 44.2 Å². The lowest BCUT2D eigenvalue weighted by Gasteiger charge is -2.39. The Hall–Kier alpha value is -2.52. The van der Waals surface area contributed by atoms with Crippen molar-refractivity contribution in [3.8, 4) is 0 Å². The Morgan fingerprint density at radius 3 is 2.53 bits per heavy atom. The van der Waals surface area contributed by atoms with Crippen molar-refractivity contribution >= 4 is 47.9 Å². The van der Waals surface area contributed by atoms with Crippen molar-refractivity contribution in [2.45, 2.75) is 36.6 Å². The summed E-state index contributed by atoms with van der Waals surface area (Å²) in [5.41, 5.74) is 1.35. The minimum atomic E-state index is -3.60. The fourth-order valence-electron chi connectivity index (χ4n) is 5.75. The van der Waals surface area contributed by atoms with E-state index in [9.17, 15) is 8.42 Å². The van der Waals surface area contributed by atoms with Crippen molar-refractivity contribution in [3.63, 3.8) is 0 Å². The van der Waals surface area contributed by atoms with Crippen LogP contribution in [0.25, 0.3) is 20.9 Å². The van der Waals surface area contributed by atoms with Crippen LogP contribution >= 0.6 is 11.3 Å². The molecule has 2 fully saturated rings. The van der Waals surface area contributed by atoms with Gasteiger partial charge in [-0.1, -0.05) is 48.9 Å². The van der Waals surface area contributed by atoms with Crippen LogP contribution in [-0.2, 0) is 10.0 Å². The normalized spacial score (nSPS) is 20.3. The van der Waals surface area contributed by atoms with Gasteiger partial charge in [0.25, 0.3) is 0 Å². The lowest BCUT2D eigenvalue weighted by molar-refractivity contribution is 0.193. The minimum Gasteiger partial charge on any atom is -0.368 e. The summed E-state index contributed by atoms with van der Waals surface area (Å²) >= 11 is 1.82. The molecule has 2 aliphatic rings. The van der Waals surface area contributed by atoms with Gasteiger partial charge in [-0.05, 0) is 31.9 Å². The standard InChI is InChI=1S/C28H32N4O2S2/c33-36(34,28-20-29-19-22-7-1-2-9-24(22)28)32-13-6-5-8-23(32)12-14-30-15-17-31(18-16-30)26-21-35-27-11-4-3-10-25(26)27/h1-4,7,9-11,19-21,23H,5-6,8,12-18H2/t23-/m0/s1. The zero-order valence-electron chi connectivity index (χ0n) is 20.4. The molecule has 0 aliphatic carbocycles. The summed E-state index contributed by atoms with van der Waals surface area (Å²) in [4.78, 5) is 9.59. The minimum absolute atomic E-state index is 0.0431. The summed E-state index contributed by atoms with van der Waals surface area (Å²) in [5, 5.41) is 5.26. The van der Waals surface area contributed by atoms with Crippen molar-refractivity contribution in [1.82, 2.24) is 14.2 Å². The van der Waals surface area contributed by atoms with Crippen LogP contribution in [0.1, 0.15) is 25.7 Å². The molecular formula is C28H32N4O2S2. The summed E-state index contributed by atoms with van der Waals surface area (Å²) in [6.07, 6.45) is 7.07. The third-order valence-electron chi connectivity index (χ3n) is 7.74. The highest BCUT2D eigenvalue weighted by molar-refractivity contribution is 7.89. The molecule has 8 heteroatoms. The summed E-state index contributed by atoms with van der Waals surface area (Å²) in [6.45, 7) is 5.57. The van der Waals surface area contributed by atoms with Gasteiger partial charge in [-0.15, -0.1) is 11.3 Å². The van der Waals surface area contributed by atoms with Gasteiger partial charge in [-0.2, -0.15) is 4.31 Å². The monoisotopic (exact) mass is 520 g/mol. The molecule has 0 spiro atoms. The van der Waals surface area contributed by atoms with Gasteiger partial charge in [0, 0.05) is 77.4 Å². The van der Waals surface area contributed by atoms with Crippen LogP contribution in [-0.4, -0.2) is 67.9 Å². The molecule has 0 amide bonds. The Kier molecular flexibility index (Phi) is 6.69. The summed E-state index contributed by atoms with van der Waals surface area (Å²) in [7, 11) is -3.60. The number of anilines is 1. The molecule has 0 unspecified atom stereocenters. The summed E-state index contributed by atoms with van der Waals surface area (Å²) in [5.74, 6) is 0. The Morgan fingerprint density at radius 1 is 0.889 bits per heavy atom. The molecule has 4 heterocycles. The van der Waals surface area contributed by atoms with Crippen LogP contribution in [0.2, 0.25) is 0 Å². The SMILES string of the molecule is O=S(=O)(c1cncc2ccccc12)N1CCCC[C@H]1CCN1CCN(c2csc3ccccc23)CC1. The molecule has 4 aromatic rings. The number of piperidine rings is 1. The van der Waals surface area contributed by atoms with Gasteiger partial charge in [0.15, 0.2) is 0 Å². The molecule has 0 saturated carbocycles. The maximum atomic E-state index is 13.8. The molecule has 2 saturated heterocycles. The molecule has 0 N–H and O–H groups in total. The second-order valence-corrected chi connectivity index (χ2v) is 12.6. The molecule has 6 rings (SSSR count). The van der Waals surface area contributed by atoms with Crippen molar-refractivity contribution in [3.05, 3.63) is 66.3 Å². The number of piperazine rings is 1. The number of nitrogens with zero attached hydrogens (tertiary/aromatic N) is 4. The Labute approximate surface area is 217 Å². The van der Waals surface area contributed by atoms with E-state index in [0.29, 0.717) is 11.4 Å². The first-order chi connectivity index (χ1) is 17.6. The van der Waals surface area contributed by atoms with E-state index in [-0.39, 0.29) is 6.04 Å². The van der Waals surface area contributed by atoms with Crippen LogP contribution in [0, 0.1) is 0 Å². The van der Waals surface area contributed by atoms with Crippen LogP contribution in [0.15, 0.2) is 71.2 Å². The third-order valence-corrected chi connectivity index (χ3v) is 10.7. The number of fused-ring (bicyclic) bond motifs is 2. The maximum absolute atomic E-state index is 13.8. The Balaban J connectivity index is 1.12. The Bertz CT molecular complexity index is 1460. The number of pyridine rings is 1. The van der Waals surface area contributed by atoms with E-state index in [1.807, 2.05) is 35.6 Å². The predicted octanol–water partition coefficient (Wildman–Crippen LogP) is 5.21. The molecule has 0 radical (unpaired) electrons. The first-order valence-electron chi connectivity index (χ1n) is 12.9. The van der Waals surface area contributed by atoms with Crippen LogP contribution in [0.4, 0.5) is 5.69 Å². The molecule has 36 heavy (non-hydrogen) atoms. The average Bonchev–Trinajstić information content (AvgIpc) is 3.36. The van der Waals surface area contributed by atoms with E-state index in [4.69, 9.17) is 0 Å². The molecule has 6 nitrogen and oxygen atoms in total. The first-order valence-corrected chi connectivity index (χ1v) is 15.2. The van der Waals surface area contributed by atoms with Gasteiger partial charge in [-0.25, -0.2) is 8.42 Å². The van der Waals surface area contributed by atoms with Gasteiger partial charge in [0.2, 0.25) is 10.0 Å². The van der Waals surface area contributed by atoms with Crippen LogP contribution in [0.3, 0.4) is 0 Å². The van der Waals surface area contributed by atoms with E-state index < -0.39 is 10.0 Å². The van der Waals surface area contributed by atoms with Gasteiger partial charge < -0.3 is 4.90 Å². The molecule has 2 aromatic carbocycles. The number of benzene rings is 2. The predicted molar refractivity (Wildman–Crippen MR) is 148 cm³/mol. The van der Waals surface area contributed by atoms with Gasteiger partial charge in [0.05, 0.1) is 5.69 Å². The highest BCUT2D eigenvalue weighted by atomic mass is 32.2. The number of aromatic nitrogens is 1. The number of thiophene rings is 1. The fourth-order valence-corrected chi connectivity index (χ4v) is 8.61. The van der Waals surface area contributed by atoms with Crippen molar-refractivity contribution < 1.29 is 8.42 Å². The highest BCUT2D eigenvalue weighted by Gasteiger charge is 2.35. The number of rotatable bonds is 6. The quantitative estimate of drug-likeness (QED) is 0.350. The van der Waals surface area contributed by atoms with E-state index in [1.165, 1.54) is 22.0 Å². The van der Waals surface area contributed by atoms with E-state index in [2.05, 4.69) is 44.4 Å². The van der Waals surface area contributed by atoms with Gasteiger partial charge in [0.1, 0.15) is 4.90 Å². The topological polar surface area (TPSA) is 56.8 Å². The van der Waals surface area contributed by atoms with E-state index >= 15 is 0 Å². The molecule has 2 aliphatic heterocycles. The average molecular weight is 521 g/mol. The third kappa shape index (κ3) is 4.52. The number of sulfonamides is 1. The maximum Gasteiger partial charge on any atom is 0.245 e. The summed E-state index contributed by atoms with van der Waals surface area (Å²) < 4.78 is 30.7. The zero-order chi connectivity index (χ0) is 24.5. The van der Waals surface area contributed by atoms with Gasteiger partial charge >= 0.3 is 0 Å². The first kappa shape index (κ1) is 23.9. The largest absolute Gasteiger partial charge is 0.368 e. The summed E-state index contributed by atoms with van der Waals surface area (Å²) in [6, 6.07) is 16.3. The molecular weight excluding hydrogens is 488 g/mol. The highest BCUT2D eigenvalue weighted by Crippen LogP contribution is 2.34. The Morgan fingerprint density at radius 2 is 1.67 bits per heavy atom. The van der Waals surface area contributed by atoms with Crippen LogP contribution in [0.5, 0.6) is 0 Å². The zero-order valence-corrected chi connectivity index (χ0v) is 22.1. The smallest absolute Gasteiger partial charge is 0.245 e. The molecule has 1 atom stereocenters. The van der Waals surface area contributed by atoms with E-state index in [0.717, 1.165) is 69.2 Å². The fraction of sp³-hybridized carbons (Fsp3) is 0.393. The molecule has 0 bridgehead atoms. The van der Waals surface area contributed by atoms with E-state index in [1.54, 1.807) is 10.5 Å². The lowest BCUT2D eigenvalue weighted by atomic mass is 10.0. The van der Waals surface area contributed by atoms with Crippen molar-refractivity contribution in [2.24, 2.45) is 0 Å². The molecule has 188 valence electrons. The second kappa shape index (κ2) is 10.1. The van der Waals surface area contributed by atoms with Crippen LogP contribution < -0.4 is 4.90 Å². The molecule has 2 aromatic heterocycles. The number of hydrogen-bond acceptors (Lipinski definition) is 6. The van der Waals surface area contributed by atoms with Gasteiger partial charge in [-0.3, -0.25) is 9.88 Å². The lowest BCUT2D eigenvalue weighted by Crippen LogP contribution is -2.49. The second-order valence-electron chi connectivity index (χ2n) is 9.86. The number of hydrogen-bond donors (Lipinski definition) is 0. The van der Waals surface area contributed by atoms with Crippen molar-refractivity contribution in [1.29, 1.82) is 0 Å².